The lowest BCUT2D eigenvalue weighted by molar-refractivity contribution is 0.464. The molecule has 2 nitrogen and oxygen atoms in total. The monoisotopic (exact) mass is 294 g/mol. The Balaban J connectivity index is 0.00000200. The van der Waals surface area contributed by atoms with E-state index in [9.17, 15) is 4.39 Å². The average molecular weight is 295 g/mol. The van der Waals surface area contributed by atoms with Gasteiger partial charge in [0.2, 0.25) is 0 Å². The Bertz CT molecular complexity index is 541. The van der Waals surface area contributed by atoms with Gasteiger partial charge in [0.1, 0.15) is 5.82 Å². The zero-order valence-electron chi connectivity index (χ0n) is 11.9. The van der Waals surface area contributed by atoms with Gasteiger partial charge in [-0.25, -0.2) is 4.39 Å². The Morgan fingerprint density at radius 2 is 2.15 bits per heavy atom. The van der Waals surface area contributed by atoms with Crippen LogP contribution in [0, 0.1) is 17.7 Å². The minimum atomic E-state index is -0.233. The van der Waals surface area contributed by atoms with Crippen molar-refractivity contribution in [3.05, 3.63) is 41.2 Å². The Morgan fingerprint density at radius 1 is 1.35 bits per heavy atom. The van der Waals surface area contributed by atoms with Gasteiger partial charge in [0.05, 0.1) is 12.1 Å². The van der Waals surface area contributed by atoms with E-state index in [2.05, 4.69) is 23.2 Å². The van der Waals surface area contributed by atoms with E-state index in [-0.39, 0.29) is 18.2 Å². The van der Waals surface area contributed by atoms with Crippen molar-refractivity contribution >= 4 is 18.0 Å². The van der Waals surface area contributed by atoms with Gasteiger partial charge < -0.3 is 5.32 Å². The van der Waals surface area contributed by atoms with Gasteiger partial charge in [0.25, 0.3) is 0 Å². The van der Waals surface area contributed by atoms with Crippen LogP contribution in [-0.2, 0) is 0 Å². The van der Waals surface area contributed by atoms with Crippen molar-refractivity contribution in [2.75, 3.05) is 33.7 Å². The SMILES string of the molecule is CN(C)CC#Cc1ccc(C2=CCNCC2)cc1F.Cl. The van der Waals surface area contributed by atoms with Crippen LogP contribution in [-0.4, -0.2) is 38.6 Å². The van der Waals surface area contributed by atoms with E-state index in [4.69, 9.17) is 0 Å². The van der Waals surface area contributed by atoms with Crippen LogP contribution in [0.3, 0.4) is 0 Å². The molecule has 1 aromatic carbocycles. The summed E-state index contributed by atoms with van der Waals surface area (Å²) in [5.41, 5.74) is 2.66. The highest BCUT2D eigenvalue weighted by atomic mass is 35.5. The van der Waals surface area contributed by atoms with Gasteiger partial charge in [-0.1, -0.05) is 24.0 Å². The summed E-state index contributed by atoms with van der Waals surface area (Å²) >= 11 is 0. The molecule has 1 aliphatic heterocycles. The highest BCUT2D eigenvalue weighted by molar-refractivity contribution is 5.85. The maximum Gasteiger partial charge on any atom is 0.139 e. The van der Waals surface area contributed by atoms with Crippen LogP contribution < -0.4 is 5.32 Å². The van der Waals surface area contributed by atoms with E-state index in [0.29, 0.717) is 12.1 Å². The van der Waals surface area contributed by atoms with E-state index < -0.39 is 0 Å². The molecule has 4 heteroatoms. The molecular formula is C16H20ClFN2. The van der Waals surface area contributed by atoms with E-state index in [1.54, 1.807) is 12.1 Å². The molecule has 1 N–H and O–H groups in total. The summed E-state index contributed by atoms with van der Waals surface area (Å²) in [6, 6.07) is 5.33. The van der Waals surface area contributed by atoms with Crippen LogP contribution in [0.1, 0.15) is 17.5 Å². The summed E-state index contributed by atoms with van der Waals surface area (Å²) in [6.07, 6.45) is 3.07. The smallest absolute Gasteiger partial charge is 0.139 e. The van der Waals surface area contributed by atoms with Gasteiger partial charge in [-0.05, 0) is 50.3 Å². The second-order valence-corrected chi connectivity index (χ2v) is 4.92. The van der Waals surface area contributed by atoms with Crippen LogP contribution >= 0.6 is 12.4 Å². The summed E-state index contributed by atoms with van der Waals surface area (Å²) in [5.74, 6) is 5.60. The van der Waals surface area contributed by atoms with Gasteiger partial charge >= 0.3 is 0 Å². The van der Waals surface area contributed by atoms with Crippen LogP contribution in [0.15, 0.2) is 24.3 Å². The first-order chi connectivity index (χ1) is 9.16. The molecule has 0 radical (unpaired) electrons. The lowest BCUT2D eigenvalue weighted by Gasteiger charge is -2.14. The second kappa shape index (κ2) is 8.06. The highest BCUT2D eigenvalue weighted by Crippen LogP contribution is 2.21. The third-order valence-corrected chi connectivity index (χ3v) is 3.02. The summed E-state index contributed by atoms with van der Waals surface area (Å²) in [5, 5.41) is 3.25. The van der Waals surface area contributed by atoms with Crippen LogP contribution in [0.5, 0.6) is 0 Å². The molecule has 0 bridgehead atoms. The van der Waals surface area contributed by atoms with Gasteiger partial charge in [-0.3, -0.25) is 4.90 Å². The highest BCUT2D eigenvalue weighted by Gasteiger charge is 2.08. The maximum absolute atomic E-state index is 14.0. The third kappa shape index (κ3) is 4.64. The van der Waals surface area contributed by atoms with E-state index in [0.717, 1.165) is 25.1 Å². The molecule has 1 heterocycles. The van der Waals surface area contributed by atoms with Crippen LogP contribution in [0.2, 0.25) is 0 Å². The summed E-state index contributed by atoms with van der Waals surface area (Å²) < 4.78 is 14.0. The first-order valence-corrected chi connectivity index (χ1v) is 6.50. The summed E-state index contributed by atoms with van der Waals surface area (Å²) in [4.78, 5) is 1.96. The number of halogens is 2. The molecule has 0 spiro atoms. The molecule has 1 aromatic rings. The fourth-order valence-corrected chi connectivity index (χ4v) is 1.99. The topological polar surface area (TPSA) is 15.3 Å². The Morgan fingerprint density at radius 3 is 2.75 bits per heavy atom. The predicted octanol–water partition coefficient (Wildman–Crippen LogP) is 2.54. The maximum atomic E-state index is 14.0. The Kier molecular flexibility index (Phi) is 6.74. The number of benzene rings is 1. The Hall–Kier alpha value is -1.34. The Labute approximate surface area is 126 Å². The minimum absolute atomic E-state index is 0. The van der Waals surface area contributed by atoms with E-state index in [1.807, 2.05) is 25.1 Å². The number of hydrogen-bond donors (Lipinski definition) is 1. The number of hydrogen-bond acceptors (Lipinski definition) is 2. The number of rotatable bonds is 2. The van der Waals surface area contributed by atoms with Crippen molar-refractivity contribution in [2.24, 2.45) is 0 Å². The van der Waals surface area contributed by atoms with Gasteiger partial charge in [0.15, 0.2) is 0 Å². The molecule has 0 saturated heterocycles. The van der Waals surface area contributed by atoms with E-state index in [1.165, 1.54) is 5.57 Å². The summed E-state index contributed by atoms with van der Waals surface area (Å²) in [7, 11) is 3.88. The van der Waals surface area contributed by atoms with Crippen molar-refractivity contribution in [2.45, 2.75) is 6.42 Å². The average Bonchev–Trinajstić information content (AvgIpc) is 2.41. The zero-order valence-corrected chi connectivity index (χ0v) is 12.7. The van der Waals surface area contributed by atoms with Gasteiger partial charge in [-0.2, -0.15) is 0 Å². The van der Waals surface area contributed by atoms with E-state index >= 15 is 0 Å². The number of nitrogens with zero attached hydrogens (tertiary/aromatic N) is 1. The van der Waals surface area contributed by atoms with Crippen molar-refractivity contribution in [1.82, 2.24) is 10.2 Å². The molecule has 0 saturated carbocycles. The molecule has 0 unspecified atom stereocenters. The molecule has 0 fully saturated rings. The van der Waals surface area contributed by atoms with Gasteiger partial charge in [-0.15, -0.1) is 12.4 Å². The molecule has 0 aliphatic carbocycles. The van der Waals surface area contributed by atoms with Crippen molar-refractivity contribution in [3.8, 4) is 11.8 Å². The minimum Gasteiger partial charge on any atom is -0.313 e. The molecule has 0 atom stereocenters. The van der Waals surface area contributed by atoms with Gasteiger partial charge in [0, 0.05) is 6.54 Å². The molecule has 20 heavy (non-hydrogen) atoms. The lowest BCUT2D eigenvalue weighted by Crippen LogP contribution is -2.20. The van der Waals surface area contributed by atoms with Crippen LogP contribution in [0.4, 0.5) is 4.39 Å². The lowest BCUT2D eigenvalue weighted by atomic mass is 9.99. The molecule has 108 valence electrons. The third-order valence-electron chi connectivity index (χ3n) is 3.02. The molecule has 0 amide bonds. The molecular weight excluding hydrogens is 275 g/mol. The summed E-state index contributed by atoms with van der Waals surface area (Å²) in [6.45, 7) is 2.46. The van der Waals surface area contributed by atoms with Crippen LogP contribution in [0.25, 0.3) is 5.57 Å². The molecule has 0 aromatic heterocycles. The van der Waals surface area contributed by atoms with Crippen molar-refractivity contribution in [3.63, 3.8) is 0 Å². The fraction of sp³-hybridized carbons (Fsp3) is 0.375. The first kappa shape index (κ1) is 16.7. The first-order valence-electron chi connectivity index (χ1n) is 6.50. The van der Waals surface area contributed by atoms with Crippen molar-refractivity contribution < 1.29 is 4.39 Å². The quantitative estimate of drug-likeness (QED) is 0.843. The number of nitrogens with one attached hydrogen (secondary N) is 1. The fourth-order valence-electron chi connectivity index (χ4n) is 1.99. The second-order valence-electron chi connectivity index (χ2n) is 4.92. The normalized spacial score (nSPS) is 14.1. The molecule has 2 rings (SSSR count). The van der Waals surface area contributed by atoms with Crippen molar-refractivity contribution in [1.29, 1.82) is 0 Å². The largest absolute Gasteiger partial charge is 0.313 e. The standard InChI is InChI=1S/C16H19FN2.ClH/c1-19(2)11-3-4-14-5-6-15(12-16(14)17)13-7-9-18-10-8-13;/h5-7,12,18H,8-11H2,1-2H3;1H. The zero-order chi connectivity index (χ0) is 13.7. The predicted molar refractivity (Wildman–Crippen MR) is 84.5 cm³/mol. The molecule has 1 aliphatic rings.